The maximum absolute atomic E-state index is 5.44. The smallest absolute Gasteiger partial charge is 0.194 e. The van der Waals surface area contributed by atoms with Crippen LogP contribution in [-0.4, -0.2) is 72.9 Å². The van der Waals surface area contributed by atoms with Gasteiger partial charge in [0.2, 0.25) is 0 Å². The number of aromatic nitrogens is 1. The minimum absolute atomic E-state index is 0.553. The van der Waals surface area contributed by atoms with E-state index in [1.807, 2.05) is 6.07 Å². The van der Waals surface area contributed by atoms with E-state index in [1.165, 1.54) is 6.42 Å². The highest BCUT2D eigenvalue weighted by Gasteiger charge is 2.30. The first-order valence-electron chi connectivity index (χ1n) is 8.11. The van der Waals surface area contributed by atoms with Crippen LogP contribution >= 0.6 is 0 Å². The van der Waals surface area contributed by atoms with E-state index in [0.29, 0.717) is 12.6 Å². The highest BCUT2D eigenvalue weighted by Crippen LogP contribution is 2.17. The quantitative estimate of drug-likeness (QED) is 0.647. The highest BCUT2D eigenvalue weighted by molar-refractivity contribution is 5.80. The zero-order valence-corrected chi connectivity index (χ0v) is 13.2. The predicted molar refractivity (Wildman–Crippen MR) is 83.7 cm³/mol. The van der Waals surface area contributed by atoms with Gasteiger partial charge in [0.1, 0.15) is 12.0 Å². The fourth-order valence-corrected chi connectivity index (χ4v) is 3.08. The van der Waals surface area contributed by atoms with Crippen molar-refractivity contribution < 1.29 is 9.26 Å². The zero-order valence-electron chi connectivity index (χ0n) is 13.2. The van der Waals surface area contributed by atoms with Crippen molar-refractivity contribution in [3.63, 3.8) is 0 Å². The van der Waals surface area contributed by atoms with E-state index in [4.69, 9.17) is 9.26 Å². The Bertz CT molecular complexity index is 470. The average molecular weight is 307 g/mol. The molecule has 0 bridgehead atoms. The van der Waals surface area contributed by atoms with Crippen LogP contribution < -0.4 is 5.32 Å². The van der Waals surface area contributed by atoms with Crippen LogP contribution in [-0.2, 0) is 11.3 Å². The second-order valence-corrected chi connectivity index (χ2v) is 5.70. The third kappa shape index (κ3) is 3.78. The fraction of sp³-hybridized carbons (Fsp3) is 0.733. The Hall–Kier alpha value is -1.60. The van der Waals surface area contributed by atoms with Crippen LogP contribution in [0, 0.1) is 0 Å². The first-order valence-corrected chi connectivity index (χ1v) is 8.11. The van der Waals surface area contributed by atoms with Gasteiger partial charge in [-0.2, -0.15) is 0 Å². The molecule has 3 rings (SSSR count). The molecule has 0 aromatic carbocycles. The summed E-state index contributed by atoms with van der Waals surface area (Å²) in [5, 5.41) is 7.30. The van der Waals surface area contributed by atoms with Gasteiger partial charge < -0.3 is 19.5 Å². The Morgan fingerprint density at radius 3 is 3.00 bits per heavy atom. The van der Waals surface area contributed by atoms with Crippen molar-refractivity contribution >= 4 is 5.96 Å². The van der Waals surface area contributed by atoms with Crippen molar-refractivity contribution in [3.8, 4) is 0 Å². The lowest BCUT2D eigenvalue weighted by molar-refractivity contribution is 0.0195. The molecular formula is C15H25N5O2. The minimum Gasteiger partial charge on any atom is -0.379 e. The summed E-state index contributed by atoms with van der Waals surface area (Å²) in [7, 11) is 0. The van der Waals surface area contributed by atoms with Crippen LogP contribution in [0.2, 0.25) is 0 Å². The Morgan fingerprint density at radius 2 is 2.27 bits per heavy atom. The first-order chi connectivity index (χ1) is 10.9. The van der Waals surface area contributed by atoms with Gasteiger partial charge in [-0.3, -0.25) is 4.90 Å². The summed E-state index contributed by atoms with van der Waals surface area (Å²) in [6.45, 7) is 9.41. The van der Waals surface area contributed by atoms with Gasteiger partial charge in [0.05, 0.1) is 19.8 Å². The third-order valence-corrected chi connectivity index (χ3v) is 4.24. The van der Waals surface area contributed by atoms with Gasteiger partial charge >= 0.3 is 0 Å². The van der Waals surface area contributed by atoms with E-state index < -0.39 is 0 Å². The van der Waals surface area contributed by atoms with Crippen molar-refractivity contribution in [2.45, 2.75) is 25.9 Å². The summed E-state index contributed by atoms with van der Waals surface area (Å²) in [4.78, 5) is 9.58. The monoisotopic (exact) mass is 307 g/mol. The number of ether oxygens (including phenoxy) is 1. The molecule has 3 heterocycles. The van der Waals surface area contributed by atoms with Gasteiger partial charge in [0.25, 0.3) is 0 Å². The Balaban J connectivity index is 1.58. The lowest BCUT2D eigenvalue weighted by Gasteiger charge is -2.32. The molecule has 2 saturated heterocycles. The summed E-state index contributed by atoms with van der Waals surface area (Å²) < 4.78 is 10.3. The van der Waals surface area contributed by atoms with Gasteiger partial charge in [0, 0.05) is 44.8 Å². The van der Waals surface area contributed by atoms with Crippen LogP contribution in [0.15, 0.2) is 21.8 Å². The number of nitrogens with zero attached hydrogens (tertiary/aromatic N) is 4. The molecule has 2 fully saturated rings. The lowest BCUT2D eigenvalue weighted by Crippen LogP contribution is -2.46. The molecule has 7 heteroatoms. The SMILES string of the molecule is CCNC(=NCc1ccon1)N1CCC(N2CCOCC2)C1. The number of hydrogen-bond donors (Lipinski definition) is 1. The normalized spacial score (nSPS) is 24.0. The average Bonchev–Trinajstić information content (AvgIpc) is 3.24. The first kappa shape index (κ1) is 15.3. The molecular weight excluding hydrogens is 282 g/mol. The second-order valence-electron chi connectivity index (χ2n) is 5.70. The molecule has 1 aromatic rings. The van der Waals surface area contributed by atoms with Crippen LogP contribution in [0.5, 0.6) is 0 Å². The van der Waals surface area contributed by atoms with E-state index in [1.54, 1.807) is 6.26 Å². The van der Waals surface area contributed by atoms with Crippen LogP contribution in [0.3, 0.4) is 0 Å². The topological polar surface area (TPSA) is 66.1 Å². The molecule has 0 aliphatic carbocycles. The van der Waals surface area contributed by atoms with Gasteiger partial charge in [0.15, 0.2) is 5.96 Å². The number of guanidine groups is 1. The molecule has 1 atom stereocenters. The molecule has 2 aliphatic heterocycles. The molecule has 7 nitrogen and oxygen atoms in total. The van der Waals surface area contributed by atoms with E-state index >= 15 is 0 Å². The third-order valence-electron chi connectivity index (χ3n) is 4.24. The molecule has 0 amide bonds. The Morgan fingerprint density at radius 1 is 1.41 bits per heavy atom. The van der Waals surface area contributed by atoms with Crippen molar-refractivity contribution in [3.05, 3.63) is 18.0 Å². The molecule has 1 unspecified atom stereocenters. The van der Waals surface area contributed by atoms with Crippen molar-refractivity contribution in [2.75, 3.05) is 45.9 Å². The van der Waals surface area contributed by atoms with Gasteiger partial charge in [-0.25, -0.2) is 4.99 Å². The van der Waals surface area contributed by atoms with Gasteiger partial charge in [-0.05, 0) is 13.3 Å². The van der Waals surface area contributed by atoms with Crippen molar-refractivity contribution in [1.82, 2.24) is 20.3 Å². The Kier molecular flexibility index (Phi) is 5.29. The summed E-state index contributed by atoms with van der Waals surface area (Å²) in [6.07, 6.45) is 2.77. The van der Waals surface area contributed by atoms with E-state index in [9.17, 15) is 0 Å². The summed E-state index contributed by atoms with van der Waals surface area (Å²) in [5.41, 5.74) is 0.860. The number of morpholine rings is 1. The number of hydrogen-bond acceptors (Lipinski definition) is 5. The molecule has 1 aromatic heterocycles. The van der Waals surface area contributed by atoms with Crippen molar-refractivity contribution in [2.24, 2.45) is 4.99 Å². The summed E-state index contributed by atoms with van der Waals surface area (Å²) >= 11 is 0. The van der Waals surface area contributed by atoms with Crippen LogP contribution in [0.4, 0.5) is 0 Å². The second kappa shape index (κ2) is 7.60. The molecule has 0 saturated carbocycles. The molecule has 2 aliphatic rings. The zero-order chi connectivity index (χ0) is 15.2. The van der Waals surface area contributed by atoms with Gasteiger partial charge in [-0.1, -0.05) is 5.16 Å². The predicted octanol–water partition coefficient (Wildman–Crippen LogP) is 0.547. The van der Waals surface area contributed by atoms with Crippen LogP contribution in [0.25, 0.3) is 0 Å². The maximum atomic E-state index is 5.44. The lowest BCUT2D eigenvalue weighted by atomic mass is 10.2. The molecule has 22 heavy (non-hydrogen) atoms. The maximum Gasteiger partial charge on any atom is 0.194 e. The van der Waals surface area contributed by atoms with Crippen molar-refractivity contribution in [1.29, 1.82) is 0 Å². The molecule has 0 spiro atoms. The molecule has 0 radical (unpaired) electrons. The van der Waals surface area contributed by atoms with E-state index in [2.05, 4.69) is 32.2 Å². The number of nitrogens with one attached hydrogen (secondary N) is 1. The summed E-state index contributed by atoms with van der Waals surface area (Å²) in [5.74, 6) is 0.973. The van der Waals surface area contributed by atoms with E-state index in [0.717, 1.165) is 57.6 Å². The van der Waals surface area contributed by atoms with Gasteiger partial charge in [-0.15, -0.1) is 0 Å². The molecule has 1 N–H and O–H groups in total. The highest BCUT2D eigenvalue weighted by atomic mass is 16.5. The minimum atomic E-state index is 0.553. The fourth-order valence-electron chi connectivity index (χ4n) is 3.08. The Labute approximate surface area is 131 Å². The number of aliphatic imine (C=N–C) groups is 1. The summed E-state index contributed by atoms with van der Waals surface area (Å²) in [6, 6.07) is 2.47. The largest absolute Gasteiger partial charge is 0.379 e. The van der Waals surface area contributed by atoms with E-state index in [-0.39, 0.29) is 0 Å². The number of likely N-dealkylation sites (tertiary alicyclic amines) is 1. The standard InChI is InChI=1S/C15H25N5O2/c1-2-16-15(17-11-13-4-8-22-18-13)20-5-3-14(12-20)19-6-9-21-10-7-19/h4,8,14H,2-3,5-7,9-12H2,1H3,(H,16,17). The van der Waals surface area contributed by atoms with Crippen LogP contribution in [0.1, 0.15) is 19.0 Å². The molecule has 122 valence electrons. The number of rotatable bonds is 4.